The van der Waals surface area contributed by atoms with Crippen LogP contribution < -0.4 is 0 Å². The van der Waals surface area contributed by atoms with Crippen molar-refractivity contribution >= 4 is 0 Å². The Hall–Kier alpha value is -1.34. The molecule has 72 valence electrons. The molecule has 0 spiro atoms. The van der Waals surface area contributed by atoms with Gasteiger partial charge in [-0.15, -0.1) is 0 Å². The van der Waals surface area contributed by atoms with E-state index in [0.717, 1.165) is 11.1 Å². The maximum Gasteiger partial charge on any atom is 0.115 e. The van der Waals surface area contributed by atoms with E-state index in [0.29, 0.717) is 6.61 Å². The van der Waals surface area contributed by atoms with Crippen molar-refractivity contribution in [1.29, 1.82) is 0 Å². The molecule has 1 aromatic carbocycles. The molecule has 0 fully saturated rings. The zero-order chi connectivity index (χ0) is 10.7. The fourth-order valence-electron chi connectivity index (χ4n) is 1.81. The maximum atomic E-state index is 7.13. The molecule has 0 amide bonds. The van der Waals surface area contributed by atoms with Crippen molar-refractivity contribution in [3.05, 3.63) is 60.2 Å². The second-order valence-electron chi connectivity index (χ2n) is 3.54. The highest BCUT2D eigenvalue weighted by Crippen LogP contribution is 2.37. The second-order valence-corrected chi connectivity index (χ2v) is 3.54. The Kier molecular flexibility index (Phi) is 1.96. The van der Waals surface area contributed by atoms with E-state index in [1.165, 1.54) is 6.55 Å². The predicted molar refractivity (Wildman–Crippen MR) is 58.0 cm³/mol. The van der Waals surface area contributed by atoms with E-state index in [1.807, 2.05) is 31.2 Å². The SMILES string of the molecule is [2H]C=CC1=CCOC1(C)c1ccccc1. The first kappa shape index (κ1) is 8.01. The molecular weight excluding hydrogens is 172 g/mol. The summed E-state index contributed by atoms with van der Waals surface area (Å²) in [5, 5.41) is 0. The van der Waals surface area contributed by atoms with E-state index in [-0.39, 0.29) is 0 Å². The van der Waals surface area contributed by atoms with Crippen LogP contribution in [0.4, 0.5) is 0 Å². The summed E-state index contributed by atoms with van der Waals surface area (Å²) in [7, 11) is 0. The summed E-state index contributed by atoms with van der Waals surface area (Å²) in [5.74, 6) is 0. The average Bonchev–Trinajstić information content (AvgIpc) is 2.64. The highest BCUT2D eigenvalue weighted by molar-refractivity contribution is 5.39. The van der Waals surface area contributed by atoms with E-state index in [9.17, 15) is 0 Å². The molecule has 0 radical (unpaired) electrons. The number of rotatable bonds is 2. The van der Waals surface area contributed by atoms with Crippen molar-refractivity contribution in [3.8, 4) is 0 Å². The molecule has 1 aliphatic rings. The molecule has 1 atom stereocenters. The molecule has 1 heteroatoms. The second kappa shape index (κ2) is 3.43. The van der Waals surface area contributed by atoms with E-state index in [2.05, 4.69) is 12.1 Å². The minimum absolute atomic E-state index is 0.390. The number of hydrogen-bond donors (Lipinski definition) is 0. The Balaban J connectivity index is 2.39. The summed E-state index contributed by atoms with van der Waals surface area (Å²) < 4.78 is 12.9. The fourth-order valence-corrected chi connectivity index (χ4v) is 1.81. The van der Waals surface area contributed by atoms with Gasteiger partial charge in [0.05, 0.1) is 7.98 Å². The zero-order valence-electron chi connectivity index (χ0n) is 9.23. The van der Waals surface area contributed by atoms with Crippen molar-refractivity contribution in [1.82, 2.24) is 0 Å². The molecule has 1 unspecified atom stereocenters. The van der Waals surface area contributed by atoms with Gasteiger partial charge in [-0.2, -0.15) is 0 Å². The monoisotopic (exact) mass is 187 g/mol. The quantitative estimate of drug-likeness (QED) is 0.691. The molecule has 2 rings (SSSR count). The third kappa shape index (κ3) is 1.30. The summed E-state index contributed by atoms with van der Waals surface area (Å²) in [5.41, 5.74) is 1.80. The van der Waals surface area contributed by atoms with Crippen LogP contribution in [-0.4, -0.2) is 6.61 Å². The average molecular weight is 187 g/mol. The fraction of sp³-hybridized carbons (Fsp3) is 0.231. The molecule has 1 nitrogen and oxygen atoms in total. The molecule has 14 heavy (non-hydrogen) atoms. The van der Waals surface area contributed by atoms with E-state index in [1.54, 1.807) is 6.08 Å². The summed E-state index contributed by atoms with van der Waals surface area (Å²) in [6.07, 6.45) is 3.82. The van der Waals surface area contributed by atoms with Crippen LogP contribution in [0.25, 0.3) is 0 Å². The van der Waals surface area contributed by atoms with Crippen LogP contribution in [-0.2, 0) is 10.3 Å². The number of benzene rings is 1. The largest absolute Gasteiger partial charge is 0.362 e. The third-order valence-corrected chi connectivity index (χ3v) is 2.73. The van der Waals surface area contributed by atoms with Crippen LogP contribution in [0.3, 0.4) is 0 Å². The van der Waals surface area contributed by atoms with Crippen molar-refractivity contribution in [2.45, 2.75) is 12.5 Å². The lowest BCUT2D eigenvalue weighted by molar-refractivity contribution is 0.0335. The van der Waals surface area contributed by atoms with Gasteiger partial charge in [-0.1, -0.05) is 49.0 Å². The number of hydrogen-bond acceptors (Lipinski definition) is 1. The molecular formula is C13H14O. The van der Waals surface area contributed by atoms with Gasteiger partial charge in [0.1, 0.15) is 5.60 Å². The highest BCUT2D eigenvalue weighted by atomic mass is 16.5. The lowest BCUT2D eigenvalue weighted by Crippen LogP contribution is -2.23. The summed E-state index contributed by atoms with van der Waals surface area (Å²) >= 11 is 0. The van der Waals surface area contributed by atoms with Crippen LogP contribution in [0.15, 0.2) is 54.6 Å². The first-order valence-corrected chi connectivity index (χ1v) is 4.72. The Morgan fingerprint density at radius 2 is 2.29 bits per heavy atom. The molecule has 0 bridgehead atoms. The molecule has 0 saturated carbocycles. The van der Waals surface area contributed by atoms with E-state index < -0.39 is 5.60 Å². The standard InChI is InChI=1S/C13H14O/c1-3-11-9-10-14-13(11,2)12-7-5-4-6-8-12/h3-9H,1,10H2,2H3/i1D. The van der Waals surface area contributed by atoms with Crippen molar-refractivity contribution < 1.29 is 6.11 Å². The minimum atomic E-state index is -0.390. The minimum Gasteiger partial charge on any atom is -0.362 e. The Morgan fingerprint density at radius 3 is 3.00 bits per heavy atom. The van der Waals surface area contributed by atoms with Gasteiger partial charge in [0.15, 0.2) is 0 Å². The molecule has 0 aromatic heterocycles. The molecule has 1 aromatic rings. The smallest absolute Gasteiger partial charge is 0.115 e. The van der Waals surface area contributed by atoms with Gasteiger partial charge < -0.3 is 4.74 Å². The van der Waals surface area contributed by atoms with Gasteiger partial charge in [0, 0.05) is 0 Å². The Morgan fingerprint density at radius 1 is 1.50 bits per heavy atom. The Labute approximate surface area is 86.1 Å². The van der Waals surface area contributed by atoms with Crippen LogP contribution in [0.5, 0.6) is 0 Å². The van der Waals surface area contributed by atoms with Crippen LogP contribution in [0.2, 0.25) is 0 Å². The summed E-state index contributed by atoms with van der Waals surface area (Å²) in [6.45, 7) is 3.97. The number of ether oxygens (including phenoxy) is 1. The normalized spacial score (nSPS) is 27.8. The van der Waals surface area contributed by atoms with Crippen LogP contribution in [0.1, 0.15) is 13.9 Å². The Bertz CT molecular complexity index is 394. The van der Waals surface area contributed by atoms with Crippen molar-refractivity contribution in [2.75, 3.05) is 6.61 Å². The molecule has 0 saturated heterocycles. The lowest BCUT2D eigenvalue weighted by Gasteiger charge is -2.26. The molecule has 0 N–H and O–H groups in total. The predicted octanol–water partition coefficient (Wildman–Crippen LogP) is 3.04. The molecule has 1 aliphatic heterocycles. The van der Waals surface area contributed by atoms with Gasteiger partial charge in [-0.25, -0.2) is 0 Å². The first-order chi connectivity index (χ1) is 7.27. The maximum absolute atomic E-state index is 7.13. The van der Waals surface area contributed by atoms with E-state index in [4.69, 9.17) is 6.11 Å². The van der Waals surface area contributed by atoms with E-state index >= 15 is 0 Å². The highest BCUT2D eigenvalue weighted by Gasteiger charge is 2.33. The third-order valence-electron chi connectivity index (χ3n) is 2.73. The van der Waals surface area contributed by atoms with Crippen LogP contribution in [0, 0.1) is 0 Å². The summed E-state index contributed by atoms with van der Waals surface area (Å²) in [6, 6.07) is 10.1. The topological polar surface area (TPSA) is 9.23 Å². The summed E-state index contributed by atoms with van der Waals surface area (Å²) in [4.78, 5) is 0. The van der Waals surface area contributed by atoms with Gasteiger partial charge in [-0.3, -0.25) is 0 Å². The van der Waals surface area contributed by atoms with Crippen LogP contribution >= 0.6 is 0 Å². The lowest BCUT2D eigenvalue weighted by atomic mass is 9.89. The van der Waals surface area contributed by atoms with Crippen molar-refractivity contribution in [2.24, 2.45) is 0 Å². The molecule has 1 heterocycles. The zero-order valence-corrected chi connectivity index (χ0v) is 8.23. The van der Waals surface area contributed by atoms with Gasteiger partial charge in [-0.05, 0) is 18.1 Å². The van der Waals surface area contributed by atoms with Gasteiger partial charge >= 0.3 is 0 Å². The van der Waals surface area contributed by atoms with Gasteiger partial charge in [0.2, 0.25) is 0 Å². The van der Waals surface area contributed by atoms with Gasteiger partial charge in [0.25, 0.3) is 0 Å². The van der Waals surface area contributed by atoms with Crippen molar-refractivity contribution in [3.63, 3.8) is 0 Å². The first-order valence-electron chi connectivity index (χ1n) is 5.30. The molecule has 0 aliphatic carbocycles.